The van der Waals surface area contributed by atoms with E-state index in [1.54, 1.807) is 0 Å². The van der Waals surface area contributed by atoms with Crippen molar-refractivity contribution in [1.82, 2.24) is 15.2 Å². The number of rotatable bonds is 7. The number of aliphatic imine (C=N–C) groups is 1. The van der Waals surface area contributed by atoms with Crippen molar-refractivity contribution in [3.05, 3.63) is 37.1 Å². The van der Waals surface area contributed by atoms with Gasteiger partial charge >= 0.3 is 0 Å². The highest BCUT2D eigenvalue weighted by molar-refractivity contribution is 7.99. The third-order valence-corrected chi connectivity index (χ3v) is 4.56. The lowest BCUT2D eigenvalue weighted by molar-refractivity contribution is 0.372. The van der Waals surface area contributed by atoms with E-state index in [4.69, 9.17) is 4.99 Å². The second-order valence-electron chi connectivity index (χ2n) is 5.26. The van der Waals surface area contributed by atoms with Crippen molar-refractivity contribution < 1.29 is 0 Å². The highest BCUT2D eigenvalue weighted by Crippen LogP contribution is 2.12. The molecule has 0 radical (unpaired) electrons. The number of hydrogen-bond acceptors (Lipinski definition) is 4. The Bertz CT molecular complexity index is 483. The standard InChI is InChI=1S/C17H27N5S/c1-3-14-23-15-9-20-17(18-4-2)22-12-10-21(11-13-22)16-7-5-6-8-19-16/h3,5-8H,1,4,9-15H2,2H3,(H,18,20). The summed E-state index contributed by atoms with van der Waals surface area (Å²) in [6.07, 6.45) is 3.80. The zero-order valence-electron chi connectivity index (χ0n) is 13.9. The number of guanidine groups is 1. The average Bonchev–Trinajstić information content (AvgIpc) is 2.61. The Morgan fingerprint density at radius 2 is 2.22 bits per heavy atom. The molecule has 1 aromatic heterocycles. The minimum atomic E-state index is 0.849. The Balaban J connectivity index is 1.84. The first-order chi connectivity index (χ1) is 11.3. The maximum atomic E-state index is 4.75. The number of piperazine rings is 1. The predicted molar refractivity (Wildman–Crippen MR) is 102 cm³/mol. The zero-order valence-corrected chi connectivity index (χ0v) is 14.8. The van der Waals surface area contributed by atoms with Crippen molar-refractivity contribution in [3.8, 4) is 0 Å². The van der Waals surface area contributed by atoms with E-state index in [0.717, 1.165) is 62.6 Å². The van der Waals surface area contributed by atoms with Crippen LogP contribution in [0.5, 0.6) is 0 Å². The number of anilines is 1. The van der Waals surface area contributed by atoms with Gasteiger partial charge in [-0.15, -0.1) is 6.58 Å². The second kappa shape index (κ2) is 10.2. The Hall–Kier alpha value is -1.69. The van der Waals surface area contributed by atoms with Crippen LogP contribution in [-0.2, 0) is 0 Å². The maximum absolute atomic E-state index is 4.75. The largest absolute Gasteiger partial charge is 0.357 e. The first kappa shape index (κ1) is 17.7. The molecule has 2 rings (SSSR count). The number of thioether (sulfide) groups is 1. The molecule has 0 atom stereocenters. The number of aromatic nitrogens is 1. The van der Waals surface area contributed by atoms with Crippen LogP contribution in [-0.4, -0.2) is 66.6 Å². The highest BCUT2D eigenvalue weighted by Gasteiger charge is 2.20. The summed E-state index contributed by atoms with van der Waals surface area (Å²) in [5.41, 5.74) is 0. The Labute approximate surface area is 143 Å². The van der Waals surface area contributed by atoms with E-state index in [9.17, 15) is 0 Å². The van der Waals surface area contributed by atoms with Gasteiger partial charge in [0.15, 0.2) is 5.96 Å². The molecule has 1 aromatic rings. The predicted octanol–water partition coefficient (Wildman–Crippen LogP) is 2.09. The number of pyridine rings is 1. The van der Waals surface area contributed by atoms with Crippen molar-refractivity contribution in [3.63, 3.8) is 0 Å². The van der Waals surface area contributed by atoms with Gasteiger partial charge in [-0.3, -0.25) is 4.99 Å². The van der Waals surface area contributed by atoms with Crippen molar-refractivity contribution in [2.75, 3.05) is 55.7 Å². The van der Waals surface area contributed by atoms with E-state index >= 15 is 0 Å². The molecule has 1 aliphatic heterocycles. The summed E-state index contributed by atoms with van der Waals surface area (Å²) >= 11 is 1.87. The third kappa shape index (κ3) is 5.78. The quantitative estimate of drug-likeness (QED) is 0.358. The van der Waals surface area contributed by atoms with Gasteiger partial charge in [0.25, 0.3) is 0 Å². The summed E-state index contributed by atoms with van der Waals surface area (Å²) in [5, 5.41) is 3.41. The molecule has 0 saturated carbocycles. The zero-order chi connectivity index (χ0) is 16.3. The number of nitrogens with zero attached hydrogens (tertiary/aromatic N) is 4. The van der Waals surface area contributed by atoms with E-state index in [1.165, 1.54) is 0 Å². The smallest absolute Gasteiger partial charge is 0.194 e. The van der Waals surface area contributed by atoms with Crippen LogP contribution < -0.4 is 10.2 Å². The lowest BCUT2D eigenvalue weighted by Gasteiger charge is -2.37. The molecule has 0 aromatic carbocycles. The van der Waals surface area contributed by atoms with Gasteiger partial charge in [0.2, 0.25) is 0 Å². The molecule has 1 fully saturated rings. The van der Waals surface area contributed by atoms with Gasteiger partial charge in [0.05, 0.1) is 6.54 Å². The van der Waals surface area contributed by atoms with E-state index in [2.05, 4.69) is 39.7 Å². The molecule has 126 valence electrons. The molecule has 0 bridgehead atoms. The lowest BCUT2D eigenvalue weighted by atomic mass is 10.3. The first-order valence-corrected chi connectivity index (χ1v) is 9.38. The molecule has 23 heavy (non-hydrogen) atoms. The van der Waals surface area contributed by atoms with Crippen molar-refractivity contribution >= 4 is 23.5 Å². The molecule has 0 aliphatic carbocycles. The fourth-order valence-electron chi connectivity index (χ4n) is 2.50. The van der Waals surface area contributed by atoms with Crippen molar-refractivity contribution in [1.29, 1.82) is 0 Å². The average molecular weight is 334 g/mol. The molecular formula is C17H27N5S. The minimum Gasteiger partial charge on any atom is -0.357 e. The third-order valence-electron chi connectivity index (χ3n) is 3.62. The van der Waals surface area contributed by atoms with Crippen molar-refractivity contribution in [2.45, 2.75) is 6.92 Å². The van der Waals surface area contributed by atoms with Gasteiger partial charge in [0, 0.05) is 50.4 Å². The summed E-state index contributed by atoms with van der Waals surface area (Å²) in [6.45, 7) is 11.5. The summed E-state index contributed by atoms with van der Waals surface area (Å²) in [4.78, 5) is 13.9. The van der Waals surface area contributed by atoms with Gasteiger partial charge in [-0.2, -0.15) is 11.8 Å². The lowest BCUT2D eigenvalue weighted by Crippen LogP contribution is -2.52. The van der Waals surface area contributed by atoms with E-state index in [0.29, 0.717) is 0 Å². The molecule has 0 amide bonds. The van der Waals surface area contributed by atoms with Gasteiger partial charge < -0.3 is 15.1 Å². The summed E-state index contributed by atoms with van der Waals surface area (Å²) in [6, 6.07) is 6.08. The topological polar surface area (TPSA) is 43.8 Å². The van der Waals surface area contributed by atoms with E-state index in [-0.39, 0.29) is 0 Å². The highest BCUT2D eigenvalue weighted by atomic mass is 32.2. The summed E-state index contributed by atoms with van der Waals surface area (Å²) in [7, 11) is 0. The van der Waals surface area contributed by atoms with Gasteiger partial charge in [0.1, 0.15) is 5.82 Å². The second-order valence-corrected chi connectivity index (χ2v) is 6.41. The van der Waals surface area contributed by atoms with Gasteiger partial charge in [-0.25, -0.2) is 4.98 Å². The van der Waals surface area contributed by atoms with E-state index in [1.807, 2.05) is 36.2 Å². The Morgan fingerprint density at radius 1 is 1.39 bits per heavy atom. The SMILES string of the molecule is C=CCSCCN=C(NCC)N1CCN(c2ccccn2)CC1. The summed E-state index contributed by atoms with van der Waals surface area (Å²) < 4.78 is 0. The van der Waals surface area contributed by atoms with Gasteiger partial charge in [-0.05, 0) is 19.1 Å². The van der Waals surface area contributed by atoms with Crippen molar-refractivity contribution in [2.24, 2.45) is 4.99 Å². The van der Waals surface area contributed by atoms with E-state index < -0.39 is 0 Å². The van der Waals surface area contributed by atoms with Gasteiger partial charge in [-0.1, -0.05) is 12.1 Å². The molecule has 1 N–H and O–H groups in total. The Morgan fingerprint density at radius 3 is 2.87 bits per heavy atom. The first-order valence-electron chi connectivity index (χ1n) is 8.23. The number of hydrogen-bond donors (Lipinski definition) is 1. The maximum Gasteiger partial charge on any atom is 0.194 e. The van der Waals surface area contributed by atoms with Crippen LogP contribution in [0.1, 0.15) is 6.92 Å². The van der Waals surface area contributed by atoms with Crippen LogP contribution in [0.25, 0.3) is 0 Å². The monoisotopic (exact) mass is 333 g/mol. The van der Waals surface area contributed by atoms with Crippen LogP contribution in [0.15, 0.2) is 42.0 Å². The minimum absolute atomic E-state index is 0.849. The fourth-order valence-corrected chi connectivity index (χ4v) is 3.05. The molecule has 0 unspecified atom stereocenters. The van der Waals surface area contributed by atoms with Crippen LogP contribution in [0, 0.1) is 0 Å². The normalized spacial score (nSPS) is 15.6. The Kier molecular flexibility index (Phi) is 7.80. The molecule has 6 heteroatoms. The van der Waals surface area contributed by atoms with Crippen LogP contribution in [0.3, 0.4) is 0 Å². The van der Waals surface area contributed by atoms with Crippen LogP contribution >= 0.6 is 11.8 Å². The summed E-state index contributed by atoms with van der Waals surface area (Å²) in [5.74, 6) is 4.13. The molecule has 1 saturated heterocycles. The van der Waals surface area contributed by atoms with Crippen LogP contribution in [0.4, 0.5) is 5.82 Å². The molecule has 0 spiro atoms. The number of nitrogens with one attached hydrogen (secondary N) is 1. The fraction of sp³-hybridized carbons (Fsp3) is 0.529. The molecule has 2 heterocycles. The molecule has 1 aliphatic rings. The molecule has 5 nitrogen and oxygen atoms in total. The van der Waals surface area contributed by atoms with Crippen LogP contribution in [0.2, 0.25) is 0 Å². The molecular weight excluding hydrogens is 306 g/mol.